The van der Waals surface area contributed by atoms with E-state index in [1.165, 1.54) is 32.1 Å². The van der Waals surface area contributed by atoms with Gasteiger partial charge in [-0.25, -0.2) is 0 Å². The van der Waals surface area contributed by atoms with Crippen molar-refractivity contribution < 1.29 is 9.53 Å². The molecule has 1 amide bonds. The molecule has 1 saturated heterocycles. The standard InChI is InChI=1S/C16H30N2O2/c1-3-9-17-15-11-20-10-14(15)16(19)18-12(2)13-7-5-4-6-8-13/h12-15,17H,3-11H2,1-2H3,(H,18,19)/t12-,14?,15?/m0/s1. The molecule has 116 valence electrons. The van der Waals surface area contributed by atoms with E-state index in [2.05, 4.69) is 24.5 Å². The molecule has 0 radical (unpaired) electrons. The van der Waals surface area contributed by atoms with E-state index >= 15 is 0 Å². The van der Waals surface area contributed by atoms with Crippen molar-refractivity contribution in [2.75, 3.05) is 19.8 Å². The summed E-state index contributed by atoms with van der Waals surface area (Å²) in [5.74, 6) is 0.818. The van der Waals surface area contributed by atoms with Crippen LogP contribution in [0.5, 0.6) is 0 Å². The zero-order chi connectivity index (χ0) is 14.4. The maximum atomic E-state index is 12.4. The third-order valence-corrected chi connectivity index (χ3v) is 4.80. The first kappa shape index (κ1) is 15.8. The van der Waals surface area contributed by atoms with E-state index in [0.717, 1.165) is 13.0 Å². The number of hydrogen-bond donors (Lipinski definition) is 2. The highest BCUT2D eigenvalue weighted by molar-refractivity contribution is 5.80. The van der Waals surface area contributed by atoms with Gasteiger partial charge in [0.05, 0.1) is 19.1 Å². The van der Waals surface area contributed by atoms with Crippen molar-refractivity contribution in [1.29, 1.82) is 0 Å². The van der Waals surface area contributed by atoms with Crippen LogP contribution in [0.2, 0.25) is 0 Å². The highest BCUT2D eigenvalue weighted by Gasteiger charge is 2.34. The van der Waals surface area contributed by atoms with Crippen molar-refractivity contribution in [2.24, 2.45) is 11.8 Å². The summed E-state index contributed by atoms with van der Waals surface area (Å²) in [6.45, 7) is 6.48. The normalized spacial score (nSPS) is 29.3. The lowest BCUT2D eigenvalue weighted by atomic mass is 9.84. The Hall–Kier alpha value is -0.610. The summed E-state index contributed by atoms with van der Waals surface area (Å²) in [6, 6.07) is 0.490. The molecule has 2 N–H and O–H groups in total. The molecule has 0 aromatic rings. The lowest BCUT2D eigenvalue weighted by Crippen LogP contribution is -2.48. The van der Waals surface area contributed by atoms with Gasteiger partial charge in [-0.3, -0.25) is 4.79 Å². The molecule has 3 atom stereocenters. The SMILES string of the molecule is CCCNC1COCC1C(=O)N[C@@H](C)C1CCCCC1. The number of ether oxygens (including phenoxy) is 1. The molecule has 4 nitrogen and oxygen atoms in total. The Morgan fingerprint density at radius 1 is 1.25 bits per heavy atom. The number of amides is 1. The van der Waals surface area contributed by atoms with E-state index in [1.54, 1.807) is 0 Å². The molecule has 1 heterocycles. The fourth-order valence-corrected chi connectivity index (χ4v) is 3.43. The summed E-state index contributed by atoms with van der Waals surface area (Å²) in [5, 5.41) is 6.67. The van der Waals surface area contributed by atoms with Crippen LogP contribution in [0.25, 0.3) is 0 Å². The van der Waals surface area contributed by atoms with Gasteiger partial charge in [0.15, 0.2) is 0 Å². The van der Waals surface area contributed by atoms with E-state index in [9.17, 15) is 4.79 Å². The van der Waals surface area contributed by atoms with Crippen molar-refractivity contribution in [3.05, 3.63) is 0 Å². The van der Waals surface area contributed by atoms with Gasteiger partial charge >= 0.3 is 0 Å². The van der Waals surface area contributed by atoms with Crippen LogP contribution < -0.4 is 10.6 Å². The maximum absolute atomic E-state index is 12.4. The molecule has 2 fully saturated rings. The van der Waals surface area contributed by atoms with Crippen molar-refractivity contribution in [3.63, 3.8) is 0 Å². The van der Waals surface area contributed by atoms with Gasteiger partial charge < -0.3 is 15.4 Å². The molecule has 0 aromatic heterocycles. The van der Waals surface area contributed by atoms with Crippen molar-refractivity contribution in [2.45, 2.75) is 64.5 Å². The van der Waals surface area contributed by atoms with Crippen LogP contribution in [0.15, 0.2) is 0 Å². The fraction of sp³-hybridized carbons (Fsp3) is 0.938. The van der Waals surface area contributed by atoms with Gasteiger partial charge in [-0.1, -0.05) is 26.2 Å². The molecule has 2 aliphatic rings. The monoisotopic (exact) mass is 282 g/mol. The molecule has 0 bridgehead atoms. The predicted octanol–water partition coefficient (Wildman–Crippen LogP) is 2.09. The number of carbonyl (C=O) groups excluding carboxylic acids is 1. The number of rotatable bonds is 6. The van der Waals surface area contributed by atoms with Crippen molar-refractivity contribution in [3.8, 4) is 0 Å². The van der Waals surface area contributed by atoms with Crippen LogP contribution in [0, 0.1) is 11.8 Å². The van der Waals surface area contributed by atoms with E-state index in [0.29, 0.717) is 25.2 Å². The first-order chi connectivity index (χ1) is 9.72. The second kappa shape index (κ2) is 7.99. The molecule has 20 heavy (non-hydrogen) atoms. The Morgan fingerprint density at radius 3 is 2.70 bits per heavy atom. The number of hydrogen-bond acceptors (Lipinski definition) is 3. The third-order valence-electron chi connectivity index (χ3n) is 4.80. The zero-order valence-corrected chi connectivity index (χ0v) is 13.0. The second-order valence-corrected chi connectivity index (χ2v) is 6.40. The molecular formula is C16H30N2O2. The van der Waals surface area contributed by atoms with Gasteiger partial charge in [-0.2, -0.15) is 0 Å². The highest BCUT2D eigenvalue weighted by atomic mass is 16.5. The van der Waals surface area contributed by atoms with Crippen LogP contribution in [-0.2, 0) is 9.53 Å². The Bertz CT molecular complexity index is 303. The smallest absolute Gasteiger partial charge is 0.227 e. The van der Waals surface area contributed by atoms with E-state index in [4.69, 9.17) is 4.74 Å². The van der Waals surface area contributed by atoms with Gasteiger partial charge in [0.1, 0.15) is 0 Å². The zero-order valence-electron chi connectivity index (χ0n) is 13.0. The van der Waals surface area contributed by atoms with Gasteiger partial charge in [-0.05, 0) is 38.6 Å². The lowest BCUT2D eigenvalue weighted by molar-refractivity contribution is -0.126. The average molecular weight is 282 g/mol. The molecule has 2 unspecified atom stereocenters. The van der Waals surface area contributed by atoms with Gasteiger partial charge in [0.25, 0.3) is 0 Å². The number of carbonyl (C=O) groups is 1. The quantitative estimate of drug-likeness (QED) is 0.784. The summed E-state index contributed by atoms with van der Waals surface area (Å²) in [7, 11) is 0. The molecular weight excluding hydrogens is 252 g/mol. The highest BCUT2D eigenvalue weighted by Crippen LogP contribution is 2.26. The van der Waals surface area contributed by atoms with Crippen molar-refractivity contribution in [1.82, 2.24) is 10.6 Å². The number of nitrogens with one attached hydrogen (secondary N) is 2. The Labute approximate surface area is 123 Å². The first-order valence-corrected chi connectivity index (χ1v) is 8.34. The Balaban J connectivity index is 1.80. The van der Waals surface area contributed by atoms with E-state index in [-0.39, 0.29) is 17.9 Å². The lowest BCUT2D eigenvalue weighted by Gasteiger charge is -2.29. The summed E-state index contributed by atoms with van der Waals surface area (Å²) >= 11 is 0. The third kappa shape index (κ3) is 4.19. The van der Waals surface area contributed by atoms with Gasteiger partial charge in [0.2, 0.25) is 5.91 Å². The predicted molar refractivity (Wildman–Crippen MR) is 80.6 cm³/mol. The van der Waals surface area contributed by atoms with Crippen LogP contribution in [-0.4, -0.2) is 37.7 Å². The summed E-state index contributed by atoms with van der Waals surface area (Å²) < 4.78 is 5.49. The molecule has 2 rings (SSSR count). The Morgan fingerprint density at radius 2 is 2.00 bits per heavy atom. The minimum atomic E-state index is -0.0207. The van der Waals surface area contributed by atoms with Crippen LogP contribution in [0.3, 0.4) is 0 Å². The van der Waals surface area contributed by atoms with E-state index < -0.39 is 0 Å². The molecule has 0 aromatic carbocycles. The minimum Gasteiger partial charge on any atom is -0.379 e. The second-order valence-electron chi connectivity index (χ2n) is 6.40. The molecule has 1 saturated carbocycles. The van der Waals surface area contributed by atoms with E-state index in [1.807, 2.05) is 0 Å². The minimum absolute atomic E-state index is 0.0207. The molecule has 4 heteroatoms. The summed E-state index contributed by atoms with van der Waals surface area (Å²) in [4.78, 5) is 12.4. The largest absolute Gasteiger partial charge is 0.379 e. The summed E-state index contributed by atoms with van der Waals surface area (Å²) in [6.07, 6.45) is 7.61. The van der Waals surface area contributed by atoms with Crippen LogP contribution in [0.1, 0.15) is 52.4 Å². The van der Waals surface area contributed by atoms with Crippen molar-refractivity contribution >= 4 is 5.91 Å². The molecule has 1 aliphatic heterocycles. The first-order valence-electron chi connectivity index (χ1n) is 8.34. The fourth-order valence-electron chi connectivity index (χ4n) is 3.43. The average Bonchev–Trinajstić information content (AvgIpc) is 2.94. The summed E-state index contributed by atoms with van der Waals surface area (Å²) in [5.41, 5.74) is 0. The van der Waals surface area contributed by atoms with Gasteiger partial charge in [-0.15, -0.1) is 0 Å². The topological polar surface area (TPSA) is 50.4 Å². The van der Waals surface area contributed by atoms with Crippen LogP contribution in [0.4, 0.5) is 0 Å². The van der Waals surface area contributed by atoms with Gasteiger partial charge in [0, 0.05) is 12.1 Å². The molecule has 1 aliphatic carbocycles. The maximum Gasteiger partial charge on any atom is 0.227 e. The molecule has 0 spiro atoms. The Kier molecular flexibility index (Phi) is 6.30. The van der Waals surface area contributed by atoms with Crippen LogP contribution >= 0.6 is 0 Å².